The molecule has 0 N–H and O–H groups in total. The predicted molar refractivity (Wildman–Crippen MR) is 72.5 cm³/mol. The lowest BCUT2D eigenvalue weighted by molar-refractivity contribution is -0.142. The quantitative estimate of drug-likeness (QED) is 0.813. The monoisotopic (exact) mass is 312 g/mol. The van der Waals surface area contributed by atoms with Gasteiger partial charge < -0.3 is 4.90 Å². The van der Waals surface area contributed by atoms with Gasteiger partial charge in [-0.2, -0.15) is 18.3 Å². The Hall–Kier alpha value is -2.12. The van der Waals surface area contributed by atoms with E-state index >= 15 is 0 Å². The number of nitrogens with zero attached hydrogens (tertiary/aromatic N) is 4. The van der Waals surface area contributed by atoms with Crippen LogP contribution in [0.5, 0.6) is 0 Å². The second-order valence-corrected chi connectivity index (χ2v) is 5.43. The number of aromatic nitrogens is 3. The summed E-state index contributed by atoms with van der Waals surface area (Å²) in [4.78, 5) is 18.0. The smallest absolute Gasteiger partial charge is 0.337 e. The minimum atomic E-state index is -4.55. The van der Waals surface area contributed by atoms with Crippen molar-refractivity contribution in [2.75, 3.05) is 13.1 Å². The van der Waals surface area contributed by atoms with Crippen LogP contribution in [-0.2, 0) is 6.18 Å². The van der Waals surface area contributed by atoms with Crippen LogP contribution in [0.25, 0.3) is 5.65 Å². The minimum absolute atomic E-state index is 0.00509. The van der Waals surface area contributed by atoms with Crippen molar-refractivity contribution in [3.05, 3.63) is 29.2 Å². The Morgan fingerprint density at radius 2 is 1.86 bits per heavy atom. The topological polar surface area (TPSA) is 50.5 Å². The van der Waals surface area contributed by atoms with Gasteiger partial charge in [0.1, 0.15) is 5.69 Å². The molecule has 118 valence electrons. The summed E-state index contributed by atoms with van der Waals surface area (Å²) in [6.07, 6.45) is -1.67. The highest BCUT2D eigenvalue weighted by Crippen LogP contribution is 2.30. The lowest BCUT2D eigenvalue weighted by Crippen LogP contribution is -2.35. The molecule has 0 spiro atoms. The van der Waals surface area contributed by atoms with E-state index in [1.807, 2.05) is 0 Å². The molecule has 5 nitrogen and oxygen atoms in total. The first kappa shape index (κ1) is 14.8. The molecule has 2 aromatic heterocycles. The van der Waals surface area contributed by atoms with Gasteiger partial charge in [-0.3, -0.25) is 4.79 Å². The van der Waals surface area contributed by atoms with Crippen molar-refractivity contribution in [1.82, 2.24) is 19.5 Å². The fraction of sp³-hybridized carbons (Fsp3) is 0.500. The normalized spacial score (nSPS) is 16.3. The summed E-state index contributed by atoms with van der Waals surface area (Å²) in [5, 5.41) is 3.84. The first-order valence-electron chi connectivity index (χ1n) is 7.10. The summed E-state index contributed by atoms with van der Waals surface area (Å²) in [6, 6.07) is 2.24. The number of halogens is 3. The standard InChI is InChI=1S/C14H15F3N4O/c1-9-7-11(14(15,16)17)21-12(18-9)8-10(19-21)13(22)20-5-3-2-4-6-20/h7-8H,2-6H2,1H3. The van der Waals surface area contributed by atoms with Crippen LogP contribution in [0, 0.1) is 6.92 Å². The number of amides is 1. The molecule has 3 heterocycles. The molecule has 0 aromatic carbocycles. The van der Waals surface area contributed by atoms with Gasteiger partial charge in [-0.1, -0.05) is 0 Å². The average Bonchev–Trinajstić information content (AvgIpc) is 2.89. The lowest BCUT2D eigenvalue weighted by atomic mass is 10.1. The molecule has 22 heavy (non-hydrogen) atoms. The molecular weight excluding hydrogens is 297 g/mol. The summed E-state index contributed by atoms with van der Waals surface area (Å²) in [5.41, 5.74) is -0.650. The Balaban J connectivity index is 2.04. The van der Waals surface area contributed by atoms with E-state index in [4.69, 9.17) is 0 Å². The summed E-state index contributed by atoms with van der Waals surface area (Å²) >= 11 is 0. The summed E-state index contributed by atoms with van der Waals surface area (Å²) in [7, 11) is 0. The molecular formula is C14H15F3N4O. The molecule has 0 bridgehead atoms. The Morgan fingerprint density at radius 1 is 1.18 bits per heavy atom. The van der Waals surface area contributed by atoms with Crippen molar-refractivity contribution < 1.29 is 18.0 Å². The van der Waals surface area contributed by atoms with Crippen LogP contribution in [0.3, 0.4) is 0 Å². The molecule has 0 saturated carbocycles. The first-order valence-corrected chi connectivity index (χ1v) is 7.10. The predicted octanol–water partition coefficient (Wildman–Crippen LogP) is 2.68. The largest absolute Gasteiger partial charge is 0.433 e. The second kappa shape index (κ2) is 5.26. The Bertz CT molecular complexity index is 717. The molecule has 1 saturated heterocycles. The third-order valence-electron chi connectivity index (χ3n) is 3.71. The number of aryl methyl sites for hydroxylation is 1. The maximum Gasteiger partial charge on any atom is 0.433 e. The van der Waals surface area contributed by atoms with Crippen molar-refractivity contribution >= 4 is 11.6 Å². The van der Waals surface area contributed by atoms with E-state index in [2.05, 4.69) is 10.1 Å². The summed E-state index contributed by atoms with van der Waals surface area (Å²) in [5.74, 6) is -0.337. The highest BCUT2D eigenvalue weighted by molar-refractivity contribution is 5.93. The van der Waals surface area contributed by atoms with Gasteiger partial charge in [-0.15, -0.1) is 0 Å². The fourth-order valence-corrected chi connectivity index (χ4v) is 2.67. The molecule has 8 heteroatoms. The number of carbonyl (C=O) groups is 1. The van der Waals surface area contributed by atoms with Gasteiger partial charge in [0, 0.05) is 24.8 Å². The summed E-state index contributed by atoms with van der Waals surface area (Å²) in [6.45, 7) is 2.71. The molecule has 0 radical (unpaired) electrons. The highest BCUT2D eigenvalue weighted by atomic mass is 19.4. The second-order valence-electron chi connectivity index (χ2n) is 5.43. The molecule has 1 amide bonds. The molecule has 0 aliphatic carbocycles. The molecule has 3 rings (SSSR count). The number of fused-ring (bicyclic) bond motifs is 1. The van der Waals surface area contributed by atoms with E-state index in [0.717, 1.165) is 25.3 Å². The SMILES string of the molecule is Cc1cc(C(F)(F)F)n2nc(C(=O)N3CCCCC3)cc2n1. The van der Waals surface area contributed by atoms with Crippen molar-refractivity contribution in [2.24, 2.45) is 0 Å². The minimum Gasteiger partial charge on any atom is -0.337 e. The number of piperidine rings is 1. The molecule has 2 aromatic rings. The number of alkyl halides is 3. The van der Waals surface area contributed by atoms with Crippen LogP contribution in [0.4, 0.5) is 13.2 Å². The van der Waals surface area contributed by atoms with Crippen molar-refractivity contribution in [3.8, 4) is 0 Å². The van der Waals surface area contributed by atoms with Crippen LogP contribution >= 0.6 is 0 Å². The van der Waals surface area contributed by atoms with Gasteiger partial charge in [0.15, 0.2) is 11.3 Å². The van der Waals surface area contributed by atoms with E-state index in [1.165, 1.54) is 13.0 Å². The van der Waals surface area contributed by atoms with E-state index in [-0.39, 0.29) is 22.9 Å². The number of hydrogen-bond donors (Lipinski definition) is 0. The van der Waals surface area contributed by atoms with Gasteiger partial charge in [0.05, 0.1) is 0 Å². The fourth-order valence-electron chi connectivity index (χ4n) is 2.67. The maximum absolute atomic E-state index is 13.1. The number of likely N-dealkylation sites (tertiary alicyclic amines) is 1. The van der Waals surface area contributed by atoms with Crippen molar-refractivity contribution in [3.63, 3.8) is 0 Å². The van der Waals surface area contributed by atoms with Crippen LogP contribution in [-0.4, -0.2) is 38.5 Å². The van der Waals surface area contributed by atoms with E-state index < -0.39 is 11.9 Å². The Labute approximate surface area is 124 Å². The van der Waals surface area contributed by atoms with Gasteiger partial charge >= 0.3 is 6.18 Å². The van der Waals surface area contributed by atoms with Gasteiger partial charge in [-0.25, -0.2) is 9.50 Å². The zero-order valence-corrected chi connectivity index (χ0v) is 12.0. The molecule has 0 atom stereocenters. The Kier molecular flexibility index (Phi) is 3.54. The molecule has 1 aliphatic rings. The first-order chi connectivity index (χ1) is 10.4. The van der Waals surface area contributed by atoms with Crippen LogP contribution in [0.1, 0.15) is 41.1 Å². The summed E-state index contributed by atoms with van der Waals surface area (Å²) < 4.78 is 39.9. The van der Waals surface area contributed by atoms with Gasteiger partial charge in [0.25, 0.3) is 5.91 Å². The zero-order chi connectivity index (χ0) is 15.9. The third kappa shape index (κ3) is 2.65. The zero-order valence-electron chi connectivity index (χ0n) is 12.0. The average molecular weight is 312 g/mol. The lowest BCUT2D eigenvalue weighted by Gasteiger charge is -2.25. The highest BCUT2D eigenvalue weighted by Gasteiger charge is 2.35. The number of carbonyl (C=O) groups excluding carboxylic acids is 1. The van der Waals surface area contributed by atoms with Crippen LogP contribution < -0.4 is 0 Å². The molecule has 0 unspecified atom stereocenters. The number of rotatable bonds is 1. The van der Waals surface area contributed by atoms with E-state index in [1.54, 1.807) is 4.90 Å². The van der Waals surface area contributed by atoms with Crippen LogP contribution in [0.2, 0.25) is 0 Å². The van der Waals surface area contributed by atoms with Gasteiger partial charge in [0.2, 0.25) is 0 Å². The van der Waals surface area contributed by atoms with Crippen LogP contribution in [0.15, 0.2) is 12.1 Å². The third-order valence-corrected chi connectivity index (χ3v) is 3.71. The van der Waals surface area contributed by atoms with E-state index in [9.17, 15) is 18.0 Å². The van der Waals surface area contributed by atoms with Crippen molar-refractivity contribution in [1.29, 1.82) is 0 Å². The molecule has 1 aliphatic heterocycles. The number of hydrogen-bond acceptors (Lipinski definition) is 3. The molecule has 1 fully saturated rings. The van der Waals surface area contributed by atoms with Crippen molar-refractivity contribution in [2.45, 2.75) is 32.4 Å². The van der Waals surface area contributed by atoms with E-state index in [0.29, 0.717) is 17.6 Å². The Morgan fingerprint density at radius 3 is 2.50 bits per heavy atom. The van der Waals surface area contributed by atoms with Gasteiger partial charge in [-0.05, 0) is 32.3 Å². The maximum atomic E-state index is 13.1.